The number of phenols is 1. The van der Waals surface area contributed by atoms with E-state index in [1.165, 1.54) is 0 Å². The third kappa shape index (κ3) is 4.65. The fraction of sp³-hybridized carbons (Fsp3) is 0.217. The molecule has 0 saturated heterocycles. The van der Waals surface area contributed by atoms with Gasteiger partial charge in [-0.15, -0.1) is 0 Å². The largest absolute Gasteiger partial charge is 0.507 e. The molecular formula is C23H22N2O4. The Morgan fingerprint density at radius 3 is 2.45 bits per heavy atom. The Labute approximate surface area is 169 Å². The maximum Gasteiger partial charge on any atom is 0.412 e. The fourth-order valence-corrected chi connectivity index (χ4v) is 3.29. The Morgan fingerprint density at radius 1 is 1.10 bits per heavy atom. The fourth-order valence-electron chi connectivity index (χ4n) is 3.29. The first-order chi connectivity index (χ1) is 14.0. The van der Waals surface area contributed by atoms with Crippen LogP contribution >= 0.6 is 0 Å². The molecule has 6 heteroatoms. The second-order valence-corrected chi connectivity index (χ2v) is 6.85. The van der Waals surface area contributed by atoms with Crippen LogP contribution in [0.5, 0.6) is 5.75 Å². The van der Waals surface area contributed by atoms with Gasteiger partial charge in [0.15, 0.2) is 0 Å². The Morgan fingerprint density at radius 2 is 1.79 bits per heavy atom. The van der Waals surface area contributed by atoms with Crippen molar-refractivity contribution in [3.63, 3.8) is 0 Å². The van der Waals surface area contributed by atoms with Crippen molar-refractivity contribution in [3.8, 4) is 11.8 Å². The summed E-state index contributed by atoms with van der Waals surface area (Å²) in [5.41, 5.74) is 1.77. The normalized spacial score (nSPS) is 12.7. The number of aliphatic hydroxyl groups is 1. The van der Waals surface area contributed by atoms with Crippen LogP contribution in [0, 0.1) is 17.2 Å². The van der Waals surface area contributed by atoms with E-state index in [1.54, 1.807) is 42.5 Å². The van der Waals surface area contributed by atoms with Gasteiger partial charge in [0.25, 0.3) is 0 Å². The number of aromatic hydroxyl groups is 1. The van der Waals surface area contributed by atoms with Crippen LogP contribution in [0.4, 0.5) is 10.5 Å². The summed E-state index contributed by atoms with van der Waals surface area (Å²) in [6.07, 6.45) is -0.808. The van der Waals surface area contributed by atoms with E-state index in [1.807, 2.05) is 31.2 Å². The third-order valence-corrected chi connectivity index (χ3v) is 4.84. The number of benzene rings is 3. The highest BCUT2D eigenvalue weighted by atomic mass is 16.6. The highest BCUT2D eigenvalue weighted by molar-refractivity contribution is 5.91. The summed E-state index contributed by atoms with van der Waals surface area (Å²) in [5.74, 6) is -0.000362. The van der Waals surface area contributed by atoms with E-state index in [4.69, 9.17) is 10.00 Å². The first-order valence-corrected chi connectivity index (χ1v) is 9.32. The van der Waals surface area contributed by atoms with Gasteiger partial charge in [-0.05, 0) is 48.1 Å². The number of fused-ring (bicyclic) bond motifs is 1. The molecule has 29 heavy (non-hydrogen) atoms. The van der Waals surface area contributed by atoms with Crippen LogP contribution in [0.15, 0.2) is 60.7 Å². The second kappa shape index (κ2) is 9.09. The van der Waals surface area contributed by atoms with Crippen LogP contribution < -0.4 is 5.32 Å². The van der Waals surface area contributed by atoms with Crippen LogP contribution in [-0.2, 0) is 4.74 Å². The van der Waals surface area contributed by atoms with Crippen molar-refractivity contribution in [3.05, 3.63) is 71.8 Å². The molecule has 0 heterocycles. The van der Waals surface area contributed by atoms with Gasteiger partial charge in [0.05, 0.1) is 11.6 Å². The molecule has 0 aliphatic heterocycles. The van der Waals surface area contributed by atoms with Gasteiger partial charge in [0, 0.05) is 23.2 Å². The summed E-state index contributed by atoms with van der Waals surface area (Å²) in [7, 11) is 0. The average molecular weight is 390 g/mol. The van der Waals surface area contributed by atoms with E-state index < -0.39 is 12.2 Å². The molecule has 148 valence electrons. The molecule has 3 aromatic rings. The van der Waals surface area contributed by atoms with Gasteiger partial charge in [0.1, 0.15) is 11.9 Å². The van der Waals surface area contributed by atoms with Crippen molar-refractivity contribution in [1.29, 1.82) is 5.26 Å². The lowest BCUT2D eigenvalue weighted by Crippen LogP contribution is -2.22. The number of hydrogen-bond donors (Lipinski definition) is 3. The van der Waals surface area contributed by atoms with Crippen LogP contribution in [-0.4, -0.2) is 22.9 Å². The standard InChI is InChI=1S/C23H22N2O4/c1-15(12-13-26)22(20-10-11-21(27)19-5-3-2-4-18(19)20)29-23(28)25-17-8-6-16(14-24)7-9-17/h2-11,15,22,26-27H,12-13H2,1H3,(H,25,28)/t15-,22+/m0/s1. The Balaban J connectivity index is 1.89. The monoisotopic (exact) mass is 390 g/mol. The molecule has 1 amide bonds. The summed E-state index contributed by atoms with van der Waals surface area (Å²) in [4.78, 5) is 12.6. The van der Waals surface area contributed by atoms with Crippen molar-refractivity contribution in [1.82, 2.24) is 0 Å². The minimum absolute atomic E-state index is 0.0334. The topological polar surface area (TPSA) is 103 Å². The highest BCUT2D eigenvalue weighted by Gasteiger charge is 2.26. The van der Waals surface area contributed by atoms with E-state index in [0.717, 1.165) is 10.9 Å². The Bertz CT molecular complexity index is 1040. The zero-order valence-corrected chi connectivity index (χ0v) is 16.0. The van der Waals surface area contributed by atoms with Gasteiger partial charge in [-0.2, -0.15) is 5.26 Å². The van der Waals surface area contributed by atoms with Gasteiger partial charge < -0.3 is 14.9 Å². The molecule has 0 aromatic heterocycles. The van der Waals surface area contributed by atoms with E-state index in [0.29, 0.717) is 23.1 Å². The number of rotatable bonds is 6. The lowest BCUT2D eigenvalue weighted by Gasteiger charge is -2.25. The van der Waals surface area contributed by atoms with Crippen LogP contribution in [0.25, 0.3) is 10.8 Å². The van der Waals surface area contributed by atoms with Crippen LogP contribution in [0.1, 0.15) is 30.6 Å². The predicted molar refractivity (Wildman–Crippen MR) is 110 cm³/mol. The van der Waals surface area contributed by atoms with Crippen molar-refractivity contribution in [2.75, 3.05) is 11.9 Å². The Kier molecular flexibility index (Phi) is 6.32. The summed E-state index contributed by atoms with van der Waals surface area (Å²) < 4.78 is 5.75. The molecule has 0 fully saturated rings. The molecule has 6 nitrogen and oxygen atoms in total. The minimum Gasteiger partial charge on any atom is -0.507 e. The maximum absolute atomic E-state index is 12.6. The molecule has 3 N–H and O–H groups in total. The van der Waals surface area contributed by atoms with Crippen molar-refractivity contribution >= 4 is 22.6 Å². The number of nitrogens with one attached hydrogen (secondary N) is 1. The van der Waals surface area contributed by atoms with E-state index in [2.05, 4.69) is 5.32 Å². The molecule has 0 bridgehead atoms. The van der Waals surface area contributed by atoms with Gasteiger partial charge in [-0.3, -0.25) is 5.32 Å². The molecule has 3 aromatic carbocycles. The number of nitrogens with zero attached hydrogens (tertiary/aromatic N) is 1. The number of hydrogen-bond acceptors (Lipinski definition) is 5. The number of amides is 1. The first kappa shape index (κ1) is 20.2. The lowest BCUT2D eigenvalue weighted by molar-refractivity contribution is 0.0676. The molecule has 2 atom stereocenters. The van der Waals surface area contributed by atoms with Gasteiger partial charge in [-0.25, -0.2) is 4.79 Å². The van der Waals surface area contributed by atoms with Crippen LogP contribution in [0.2, 0.25) is 0 Å². The molecule has 0 saturated carbocycles. The summed E-state index contributed by atoms with van der Waals surface area (Å²) in [6.45, 7) is 1.87. The zero-order chi connectivity index (χ0) is 20.8. The van der Waals surface area contributed by atoms with Crippen LogP contribution in [0.3, 0.4) is 0 Å². The quantitative estimate of drug-likeness (QED) is 0.565. The molecule has 0 radical (unpaired) electrons. The minimum atomic E-state index is -0.637. The van der Waals surface area contributed by atoms with Crippen molar-refractivity contribution in [2.45, 2.75) is 19.4 Å². The molecule has 3 rings (SSSR count). The number of carbonyl (C=O) groups is 1. The molecular weight excluding hydrogens is 368 g/mol. The van der Waals surface area contributed by atoms with Gasteiger partial charge in [-0.1, -0.05) is 37.3 Å². The maximum atomic E-state index is 12.6. The number of nitriles is 1. The molecule has 0 aliphatic rings. The van der Waals surface area contributed by atoms with Gasteiger partial charge in [0.2, 0.25) is 0 Å². The first-order valence-electron chi connectivity index (χ1n) is 9.32. The molecule has 0 unspecified atom stereocenters. The molecule has 0 aliphatic carbocycles. The van der Waals surface area contributed by atoms with E-state index in [9.17, 15) is 15.0 Å². The third-order valence-electron chi connectivity index (χ3n) is 4.84. The van der Waals surface area contributed by atoms with E-state index in [-0.39, 0.29) is 18.3 Å². The lowest BCUT2D eigenvalue weighted by atomic mass is 9.91. The zero-order valence-electron chi connectivity index (χ0n) is 16.0. The average Bonchev–Trinajstić information content (AvgIpc) is 2.73. The highest BCUT2D eigenvalue weighted by Crippen LogP contribution is 2.36. The Hall–Kier alpha value is -3.56. The summed E-state index contributed by atoms with van der Waals surface area (Å²) in [5, 5.41) is 32.5. The number of phenolic OH excluding ortho intramolecular Hbond substituents is 1. The number of anilines is 1. The summed E-state index contributed by atoms with van der Waals surface area (Å²) in [6, 6.07) is 19.2. The molecule has 0 spiro atoms. The smallest absolute Gasteiger partial charge is 0.412 e. The van der Waals surface area contributed by atoms with Crippen molar-refractivity contribution < 1.29 is 19.7 Å². The number of aliphatic hydroxyl groups excluding tert-OH is 1. The number of carbonyl (C=O) groups excluding carboxylic acids is 1. The summed E-state index contributed by atoms with van der Waals surface area (Å²) >= 11 is 0. The second-order valence-electron chi connectivity index (χ2n) is 6.85. The van der Waals surface area contributed by atoms with Crippen molar-refractivity contribution in [2.24, 2.45) is 5.92 Å². The number of ether oxygens (including phenoxy) is 1. The van der Waals surface area contributed by atoms with E-state index >= 15 is 0 Å². The van der Waals surface area contributed by atoms with Gasteiger partial charge >= 0.3 is 6.09 Å². The SMILES string of the molecule is C[C@@H](CCO)[C@@H](OC(=O)Nc1ccc(C#N)cc1)c1ccc(O)c2ccccc12. The predicted octanol–water partition coefficient (Wildman–Crippen LogP) is 4.73.